The summed E-state index contributed by atoms with van der Waals surface area (Å²) in [6.07, 6.45) is 0. The molecule has 0 aliphatic carbocycles. The summed E-state index contributed by atoms with van der Waals surface area (Å²) in [6.45, 7) is 4.97. The van der Waals surface area contributed by atoms with E-state index in [0.29, 0.717) is 18.1 Å². The van der Waals surface area contributed by atoms with Gasteiger partial charge in [-0.25, -0.2) is 9.69 Å². The first kappa shape index (κ1) is 16.7. The van der Waals surface area contributed by atoms with Crippen LogP contribution in [0.4, 0.5) is 10.5 Å². The van der Waals surface area contributed by atoms with Gasteiger partial charge in [-0.15, -0.1) is 0 Å². The van der Waals surface area contributed by atoms with Crippen molar-refractivity contribution < 1.29 is 14.4 Å². The summed E-state index contributed by atoms with van der Waals surface area (Å²) in [6, 6.07) is 7.15. The van der Waals surface area contributed by atoms with Gasteiger partial charge in [0.2, 0.25) is 0 Å². The number of carbonyl (C=O) groups excluding carboxylic acids is 3. The summed E-state index contributed by atoms with van der Waals surface area (Å²) in [5.74, 6) is -1.47. The van der Waals surface area contributed by atoms with Crippen molar-refractivity contribution in [3.8, 4) is 0 Å². The number of benzene rings is 1. The molecule has 8 heteroatoms. The average Bonchev–Trinajstić information content (AvgIpc) is 2.79. The maximum absolute atomic E-state index is 12.1. The molecule has 1 aromatic carbocycles. The average molecular weight is 351 g/mol. The van der Waals surface area contributed by atoms with Crippen LogP contribution in [0.3, 0.4) is 0 Å². The van der Waals surface area contributed by atoms with Gasteiger partial charge in [0.25, 0.3) is 0 Å². The highest BCUT2D eigenvalue weighted by Crippen LogP contribution is 2.21. The highest BCUT2D eigenvalue weighted by atomic mass is 35.5. The van der Waals surface area contributed by atoms with Crippen LogP contribution < -0.4 is 4.90 Å². The van der Waals surface area contributed by atoms with E-state index in [4.69, 9.17) is 11.6 Å². The predicted octanol–water partition coefficient (Wildman–Crippen LogP) is 1.23. The smallest absolute Gasteiger partial charge is 0.335 e. The number of piperazine rings is 1. The van der Waals surface area contributed by atoms with E-state index in [1.54, 1.807) is 6.92 Å². The van der Waals surface area contributed by atoms with E-state index in [0.717, 1.165) is 28.6 Å². The van der Waals surface area contributed by atoms with E-state index < -0.39 is 17.8 Å². The van der Waals surface area contributed by atoms with Crippen molar-refractivity contribution in [1.29, 1.82) is 0 Å². The van der Waals surface area contributed by atoms with Crippen molar-refractivity contribution in [1.82, 2.24) is 14.7 Å². The van der Waals surface area contributed by atoms with Gasteiger partial charge >= 0.3 is 17.8 Å². The van der Waals surface area contributed by atoms with Crippen LogP contribution in [0.2, 0.25) is 5.02 Å². The highest BCUT2D eigenvalue weighted by Gasteiger charge is 2.44. The number of imide groups is 2. The fourth-order valence-corrected chi connectivity index (χ4v) is 3.16. The molecule has 2 fully saturated rings. The predicted molar refractivity (Wildman–Crippen MR) is 89.7 cm³/mol. The molecule has 24 heavy (non-hydrogen) atoms. The van der Waals surface area contributed by atoms with Crippen LogP contribution in [0, 0.1) is 0 Å². The molecule has 2 aliphatic heterocycles. The van der Waals surface area contributed by atoms with Crippen molar-refractivity contribution in [2.45, 2.75) is 6.92 Å². The molecule has 0 radical (unpaired) electrons. The second-order valence-corrected chi connectivity index (χ2v) is 6.23. The van der Waals surface area contributed by atoms with Crippen LogP contribution in [-0.4, -0.2) is 71.9 Å². The minimum absolute atomic E-state index is 0.156. The molecule has 7 nitrogen and oxygen atoms in total. The summed E-state index contributed by atoms with van der Waals surface area (Å²) < 4.78 is 0. The quantitative estimate of drug-likeness (QED) is 0.603. The Kier molecular flexibility index (Phi) is 4.73. The fourth-order valence-electron chi connectivity index (χ4n) is 2.97. The second kappa shape index (κ2) is 6.78. The molecule has 0 spiro atoms. The molecule has 1 aromatic rings. The third kappa shape index (κ3) is 3.09. The summed E-state index contributed by atoms with van der Waals surface area (Å²) >= 11 is 6.02. The van der Waals surface area contributed by atoms with Crippen molar-refractivity contribution >= 4 is 35.1 Å². The molecule has 0 N–H and O–H groups in total. The van der Waals surface area contributed by atoms with Gasteiger partial charge in [-0.05, 0) is 25.1 Å². The number of anilines is 1. The lowest BCUT2D eigenvalue weighted by molar-refractivity contribution is -0.143. The van der Waals surface area contributed by atoms with E-state index in [9.17, 15) is 14.4 Å². The molecule has 2 aliphatic rings. The summed E-state index contributed by atoms with van der Waals surface area (Å²) in [5, 5.41) is 0.696. The van der Waals surface area contributed by atoms with E-state index in [2.05, 4.69) is 4.90 Å². The minimum atomic E-state index is -0.737. The Morgan fingerprint density at radius 1 is 1.00 bits per heavy atom. The van der Waals surface area contributed by atoms with Gasteiger partial charge in [-0.2, -0.15) is 0 Å². The monoisotopic (exact) mass is 350 g/mol. The number of halogens is 1. The summed E-state index contributed by atoms with van der Waals surface area (Å²) in [7, 11) is 0. The van der Waals surface area contributed by atoms with Crippen LogP contribution in [0.15, 0.2) is 24.3 Å². The molecule has 0 bridgehead atoms. The number of rotatable bonds is 4. The molecule has 4 amide bonds. The Labute approximate surface area is 145 Å². The summed E-state index contributed by atoms with van der Waals surface area (Å²) in [5.41, 5.74) is 1.06. The third-order valence-electron chi connectivity index (χ3n) is 4.34. The van der Waals surface area contributed by atoms with Gasteiger partial charge in [0.05, 0.1) is 6.67 Å². The lowest BCUT2D eigenvalue weighted by Crippen LogP contribution is -2.51. The first-order valence-corrected chi connectivity index (χ1v) is 8.29. The van der Waals surface area contributed by atoms with E-state index in [1.165, 1.54) is 0 Å². The maximum Gasteiger partial charge on any atom is 0.335 e. The molecule has 2 saturated heterocycles. The van der Waals surface area contributed by atoms with Gasteiger partial charge in [-0.1, -0.05) is 17.7 Å². The Hall–Kier alpha value is -2.12. The topological polar surface area (TPSA) is 64.2 Å². The standard InChI is InChI=1S/C16H19ClN4O3/c1-2-20-14(22)15(23)21(16(20)24)11-18-6-8-19(9-7-18)13-5-3-4-12(17)10-13/h3-5,10H,2,6-9,11H2,1H3. The number of carbonyl (C=O) groups is 3. The fraction of sp³-hybridized carbons (Fsp3) is 0.438. The van der Waals surface area contributed by atoms with Crippen LogP contribution in [-0.2, 0) is 9.59 Å². The molecule has 0 aromatic heterocycles. The number of nitrogens with zero attached hydrogens (tertiary/aromatic N) is 4. The molecule has 3 rings (SSSR count). The number of likely N-dealkylation sites (N-methyl/N-ethyl adjacent to an activating group) is 1. The molecule has 0 saturated carbocycles. The molecule has 128 valence electrons. The van der Waals surface area contributed by atoms with E-state index in [-0.39, 0.29) is 13.2 Å². The van der Waals surface area contributed by atoms with Crippen LogP contribution in [0.5, 0.6) is 0 Å². The maximum atomic E-state index is 12.1. The second-order valence-electron chi connectivity index (χ2n) is 5.79. The van der Waals surface area contributed by atoms with Gasteiger partial charge in [0.1, 0.15) is 0 Å². The molecule has 2 heterocycles. The van der Waals surface area contributed by atoms with Crippen molar-refractivity contribution in [2.75, 3.05) is 44.3 Å². The molecule has 0 unspecified atom stereocenters. The third-order valence-corrected chi connectivity index (χ3v) is 4.57. The largest absolute Gasteiger partial charge is 0.369 e. The Bertz CT molecular complexity index is 673. The zero-order valence-electron chi connectivity index (χ0n) is 13.4. The first-order chi connectivity index (χ1) is 11.5. The van der Waals surface area contributed by atoms with Gasteiger partial charge in [0.15, 0.2) is 0 Å². The minimum Gasteiger partial charge on any atom is -0.369 e. The zero-order chi connectivity index (χ0) is 17.3. The van der Waals surface area contributed by atoms with Crippen LogP contribution in [0.1, 0.15) is 6.92 Å². The number of urea groups is 1. The molecule has 0 atom stereocenters. The normalized spacial score (nSPS) is 19.6. The van der Waals surface area contributed by atoms with Crippen molar-refractivity contribution in [3.63, 3.8) is 0 Å². The van der Waals surface area contributed by atoms with Gasteiger partial charge < -0.3 is 4.90 Å². The van der Waals surface area contributed by atoms with Crippen LogP contribution in [0.25, 0.3) is 0 Å². The van der Waals surface area contributed by atoms with E-state index in [1.807, 2.05) is 29.2 Å². The Balaban J connectivity index is 1.59. The zero-order valence-corrected chi connectivity index (χ0v) is 14.2. The number of hydrogen-bond donors (Lipinski definition) is 0. The Morgan fingerprint density at radius 2 is 1.67 bits per heavy atom. The van der Waals surface area contributed by atoms with Crippen molar-refractivity contribution in [2.24, 2.45) is 0 Å². The lowest BCUT2D eigenvalue weighted by atomic mass is 10.2. The molecular weight excluding hydrogens is 332 g/mol. The lowest BCUT2D eigenvalue weighted by Gasteiger charge is -2.37. The number of hydrogen-bond acceptors (Lipinski definition) is 5. The van der Waals surface area contributed by atoms with Crippen molar-refractivity contribution in [3.05, 3.63) is 29.3 Å². The van der Waals surface area contributed by atoms with Gasteiger partial charge in [-0.3, -0.25) is 19.4 Å². The SMILES string of the molecule is CCN1C(=O)C(=O)N(CN2CCN(c3cccc(Cl)c3)CC2)C1=O. The highest BCUT2D eigenvalue weighted by molar-refractivity contribution is 6.44. The summed E-state index contributed by atoms with van der Waals surface area (Å²) in [4.78, 5) is 42.0. The van der Waals surface area contributed by atoms with Crippen LogP contribution >= 0.6 is 11.6 Å². The molecular formula is C16H19ClN4O3. The Morgan fingerprint density at radius 3 is 2.25 bits per heavy atom. The number of amides is 4. The van der Waals surface area contributed by atoms with Gasteiger partial charge in [0, 0.05) is 43.4 Å². The first-order valence-electron chi connectivity index (χ1n) is 7.91. The van der Waals surface area contributed by atoms with E-state index >= 15 is 0 Å².